The molecule has 27 heavy (non-hydrogen) atoms. The fraction of sp³-hybridized carbons (Fsp3) is 0.400. The lowest BCUT2D eigenvalue weighted by atomic mass is 10.2. The van der Waals surface area contributed by atoms with Crippen molar-refractivity contribution in [2.24, 2.45) is 24.8 Å². The Morgan fingerprint density at radius 2 is 2.04 bits per heavy atom. The summed E-state index contributed by atoms with van der Waals surface area (Å²) in [6.07, 6.45) is 1.77. The molecule has 5 rings (SSSR count). The zero-order chi connectivity index (χ0) is 18.5. The van der Waals surface area contributed by atoms with Crippen LogP contribution in [0.4, 0.5) is 4.39 Å². The zero-order valence-electron chi connectivity index (χ0n) is 15.0. The summed E-state index contributed by atoms with van der Waals surface area (Å²) in [7, 11) is 2.04. The Balaban J connectivity index is 1.18. The summed E-state index contributed by atoms with van der Waals surface area (Å²) in [5.41, 5.74) is 1.86. The molecule has 7 heteroatoms. The summed E-state index contributed by atoms with van der Waals surface area (Å²) in [6, 6.07) is 8.60. The number of piperidine rings is 1. The molecule has 1 aromatic carbocycles. The van der Waals surface area contributed by atoms with E-state index in [1.165, 1.54) is 6.07 Å². The second kappa shape index (κ2) is 6.46. The van der Waals surface area contributed by atoms with Crippen molar-refractivity contribution in [1.82, 2.24) is 19.4 Å². The van der Waals surface area contributed by atoms with Gasteiger partial charge in [-0.15, -0.1) is 0 Å². The van der Waals surface area contributed by atoms with E-state index in [2.05, 4.69) is 19.4 Å². The molecule has 3 heterocycles. The lowest BCUT2D eigenvalue weighted by Crippen LogP contribution is -2.26. The molecule has 5 nitrogen and oxygen atoms in total. The summed E-state index contributed by atoms with van der Waals surface area (Å²) in [5.74, 6) is 2.53. The first kappa shape index (κ1) is 17.0. The van der Waals surface area contributed by atoms with Gasteiger partial charge in [-0.2, -0.15) is 0 Å². The van der Waals surface area contributed by atoms with Crippen LogP contribution in [0.3, 0.4) is 0 Å². The number of aromatic nitrogens is 3. The van der Waals surface area contributed by atoms with Crippen LogP contribution in [0.25, 0.3) is 11.2 Å². The van der Waals surface area contributed by atoms with Crippen molar-refractivity contribution in [3.63, 3.8) is 0 Å². The number of aryl methyl sites for hydroxylation is 1. The minimum Gasteiger partial charge on any atom is -0.489 e. The number of fused-ring (bicyclic) bond motifs is 2. The predicted molar refractivity (Wildman–Crippen MR) is 101 cm³/mol. The second-order valence-electron chi connectivity index (χ2n) is 7.48. The summed E-state index contributed by atoms with van der Waals surface area (Å²) in [6.45, 7) is 3.41. The van der Waals surface area contributed by atoms with E-state index in [1.54, 1.807) is 18.3 Å². The van der Waals surface area contributed by atoms with Crippen molar-refractivity contribution in [3.8, 4) is 5.75 Å². The van der Waals surface area contributed by atoms with Crippen LogP contribution in [-0.4, -0.2) is 39.1 Å². The SMILES string of the molecule is Cn1c(CN2C[C@@H]3C(COc4c(F)cccc4Cl)[C@@H]3C2)nc2ncccc21. The molecule has 0 amide bonds. The van der Waals surface area contributed by atoms with Crippen LogP contribution in [0.5, 0.6) is 5.75 Å². The number of hydrogen-bond acceptors (Lipinski definition) is 4. The van der Waals surface area contributed by atoms with Crippen LogP contribution in [0.15, 0.2) is 36.5 Å². The van der Waals surface area contributed by atoms with Crippen molar-refractivity contribution in [2.75, 3.05) is 19.7 Å². The first-order valence-corrected chi connectivity index (χ1v) is 9.55. The number of imidazole rings is 1. The number of benzene rings is 1. The van der Waals surface area contributed by atoms with Crippen LogP contribution in [0, 0.1) is 23.6 Å². The molecule has 1 saturated heterocycles. The third-order valence-electron chi connectivity index (χ3n) is 5.90. The molecule has 2 aromatic heterocycles. The number of likely N-dealkylation sites (tertiary alicyclic amines) is 1. The molecule has 3 atom stereocenters. The molecule has 140 valence electrons. The van der Waals surface area contributed by atoms with Crippen LogP contribution < -0.4 is 4.74 Å². The minimum atomic E-state index is -0.398. The van der Waals surface area contributed by atoms with Crippen molar-refractivity contribution in [1.29, 1.82) is 0 Å². The van der Waals surface area contributed by atoms with Gasteiger partial charge in [0, 0.05) is 32.3 Å². The number of halogens is 2. The van der Waals surface area contributed by atoms with Gasteiger partial charge in [0.05, 0.1) is 23.7 Å². The Bertz CT molecular complexity index is 975. The van der Waals surface area contributed by atoms with Crippen molar-refractivity contribution in [3.05, 3.63) is 53.2 Å². The second-order valence-corrected chi connectivity index (χ2v) is 7.89. The van der Waals surface area contributed by atoms with Crippen LogP contribution in [0.1, 0.15) is 5.82 Å². The topological polar surface area (TPSA) is 43.2 Å². The number of ether oxygens (including phenoxy) is 1. The van der Waals surface area contributed by atoms with Gasteiger partial charge in [0.25, 0.3) is 0 Å². The van der Waals surface area contributed by atoms with E-state index >= 15 is 0 Å². The molecule has 1 unspecified atom stereocenters. The molecule has 1 saturated carbocycles. The maximum absolute atomic E-state index is 13.8. The molecule has 0 radical (unpaired) electrons. The van der Waals surface area contributed by atoms with Gasteiger partial charge in [0.15, 0.2) is 17.2 Å². The number of nitrogens with zero attached hydrogens (tertiary/aromatic N) is 4. The summed E-state index contributed by atoms with van der Waals surface area (Å²) in [4.78, 5) is 11.4. The first-order chi connectivity index (χ1) is 13.1. The minimum absolute atomic E-state index is 0.174. The summed E-state index contributed by atoms with van der Waals surface area (Å²) in [5, 5.41) is 0.331. The lowest BCUT2D eigenvalue weighted by molar-refractivity contribution is 0.222. The predicted octanol–water partition coefficient (Wildman–Crippen LogP) is 3.52. The fourth-order valence-corrected chi connectivity index (χ4v) is 4.54. The molecule has 0 bridgehead atoms. The number of para-hydroxylation sites is 1. The molecule has 2 aliphatic rings. The standard InChI is InChI=1S/C20H20ClFN4O/c1-25-17-6-3-7-23-20(17)24-18(25)10-26-8-12-13(9-26)14(12)11-27-19-15(21)4-2-5-16(19)22/h2-7,12-14H,8-11H2,1H3/t12-,13+,14?. The highest BCUT2D eigenvalue weighted by Gasteiger charge is 2.55. The molecule has 3 aromatic rings. The van der Waals surface area contributed by atoms with Gasteiger partial charge in [-0.25, -0.2) is 14.4 Å². The van der Waals surface area contributed by atoms with Gasteiger partial charge >= 0.3 is 0 Å². The Morgan fingerprint density at radius 1 is 1.22 bits per heavy atom. The van der Waals surface area contributed by atoms with Gasteiger partial charge in [-0.1, -0.05) is 17.7 Å². The highest BCUT2D eigenvalue weighted by Crippen LogP contribution is 2.52. The maximum Gasteiger partial charge on any atom is 0.177 e. The molecular weight excluding hydrogens is 367 g/mol. The highest BCUT2D eigenvalue weighted by molar-refractivity contribution is 6.32. The van der Waals surface area contributed by atoms with Crippen LogP contribution in [0.2, 0.25) is 5.02 Å². The zero-order valence-corrected chi connectivity index (χ0v) is 15.7. The van der Waals surface area contributed by atoms with Crippen LogP contribution in [-0.2, 0) is 13.6 Å². The molecule has 2 fully saturated rings. The molecular formula is C20H20ClFN4O. The van der Waals surface area contributed by atoms with Gasteiger partial charge in [-0.3, -0.25) is 4.90 Å². The molecule has 1 aliphatic heterocycles. The third-order valence-corrected chi connectivity index (χ3v) is 6.20. The normalized spacial score (nSPS) is 24.3. The average Bonchev–Trinajstić information content (AvgIpc) is 2.98. The molecule has 1 aliphatic carbocycles. The monoisotopic (exact) mass is 386 g/mol. The average molecular weight is 387 g/mol. The largest absolute Gasteiger partial charge is 0.489 e. The Labute approximate surface area is 161 Å². The molecule has 0 spiro atoms. The van der Waals surface area contributed by atoms with E-state index in [1.807, 2.05) is 19.2 Å². The number of pyridine rings is 1. The third kappa shape index (κ3) is 2.97. The smallest absolute Gasteiger partial charge is 0.177 e. The highest BCUT2D eigenvalue weighted by atomic mass is 35.5. The van der Waals surface area contributed by atoms with E-state index in [4.69, 9.17) is 16.3 Å². The fourth-order valence-electron chi connectivity index (χ4n) is 4.33. The Hall–Kier alpha value is -2.18. The molecule has 0 N–H and O–H groups in total. The van der Waals surface area contributed by atoms with Gasteiger partial charge < -0.3 is 9.30 Å². The first-order valence-electron chi connectivity index (χ1n) is 9.17. The number of rotatable bonds is 5. The Kier molecular flexibility index (Phi) is 4.06. The number of hydrogen-bond donors (Lipinski definition) is 0. The van der Waals surface area contributed by atoms with Crippen LogP contribution >= 0.6 is 11.6 Å². The van der Waals surface area contributed by atoms with E-state index in [0.29, 0.717) is 29.4 Å². The van der Waals surface area contributed by atoms with E-state index in [9.17, 15) is 4.39 Å². The Morgan fingerprint density at radius 3 is 2.78 bits per heavy atom. The van der Waals surface area contributed by atoms with Crippen molar-refractivity contribution >= 4 is 22.8 Å². The summed E-state index contributed by atoms with van der Waals surface area (Å²) < 4.78 is 21.6. The maximum atomic E-state index is 13.8. The van der Waals surface area contributed by atoms with Gasteiger partial charge in [0.1, 0.15) is 5.82 Å². The van der Waals surface area contributed by atoms with Gasteiger partial charge in [-0.05, 0) is 36.1 Å². The van der Waals surface area contributed by atoms with Gasteiger partial charge in [0.2, 0.25) is 0 Å². The van der Waals surface area contributed by atoms with Crippen molar-refractivity contribution in [2.45, 2.75) is 6.54 Å². The summed E-state index contributed by atoms with van der Waals surface area (Å²) >= 11 is 6.03. The van der Waals surface area contributed by atoms with E-state index in [-0.39, 0.29) is 5.75 Å². The quantitative estimate of drug-likeness (QED) is 0.673. The lowest BCUT2D eigenvalue weighted by Gasteiger charge is -2.19. The van der Waals surface area contributed by atoms with E-state index < -0.39 is 5.82 Å². The van der Waals surface area contributed by atoms with Crippen molar-refractivity contribution < 1.29 is 9.13 Å². The van der Waals surface area contributed by atoms with E-state index in [0.717, 1.165) is 36.6 Å².